The number of carbonyl (C=O) groups is 2. The van der Waals surface area contributed by atoms with Gasteiger partial charge in [-0.3, -0.25) is 4.79 Å². The Kier molecular flexibility index (Phi) is 6.76. The molecule has 2 N–H and O–H groups in total. The number of carbonyl (C=O) groups excluding carboxylic acids is 1. The van der Waals surface area contributed by atoms with Gasteiger partial charge in [0.25, 0.3) is 5.91 Å². The predicted octanol–water partition coefficient (Wildman–Crippen LogP) is 3.93. The van der Waals surface area contributed by atoms with Crippen LogP contribution in [0.1, 0.15) is 22.8 Å². The van der Waals surface area contributed by atoms with Gasteiger partial charge >= 0.3 is 5.97 Å². The van der Waals surface area contributed by atoms with Crippen molar-refractivity contribution in [2.45, 2.75) is 19.6 Å². The van der Waals surface area contributed by atoms with Crippen molar-refractivity contribution in [1.82, 2.24) is 10.3 Å². The van der Waals surface area contributed by atoms with Crippen molar-refractivity contribution in [2.75, 3.05) is 0 Å². The van der Waals surface area contributed by atoms with Crippen LogP contribution in [0.15, 0.2) is 60.8 Å². The van der Waals surface area contributed by atoms with Gasteiger partial charge in [0.15, 0.2) is 17.7 Å². The number of carboxylic acids is 1. The average molecular weight is 428 g/mol. The van der Waals surface area contributed by atoms with E-state index >= 15 is 0 Å². The standard InChI is InChI=1S/C22H18F2N2O5/c1-13(22(28)29)30-15-6-4-14(5-7-15)12-26-20(27)17-3-2-10-25-21(17)31-16-8-9-18(23)19(24)11-16/h2-11,13H,12H2,1H3,(H,26,27)(H,28,29)/t13-/m1/s1. The summed E-state index contributed by atoms with van der Waals surface area (Å²) in [5.74, 6) is -3.32. The third kappa shape index (κ3) is 5.75. The molecule has 1 amide bonds. The van der Waals surface area contributed by atoms with Crippen LogP contribution >= 0.6 is 0 Å². The zero-order valence-electron chi connectivity index (χ0n) is 16.3. The lowest BCUT2D eigenvalue weighted by molar-refractivity contribution is -0.144. The first kappa shape index (κ1) is 21.7. The van der Waals surface area contributed by atoms with E-state index in [1.807, 2.05) is 0 Å². The highest BCUT2D eigenvalue weighted by atomic mass is 19.2. The summed E-state index contributed by atoms with van der Waals surface area (Å²) in [5.41, 5.74) is 0.859. The number of nitrogens with one attached hydrogen (secondary N) is 1. The molecule has 0 saturated heterocycles. The van der Waals surface area contributed by atoms with Crippen molar-refractivity contribution < 1.29 is 33.0 Å². The average Bonchev–Trinajstić information content (AvgIpc) is 2.76. The summed E-state index contributed by atoms with van der Waals surface area (Å²) in [6, 6.07) is 12.6. The summed E-state index contributed by atoms with van der Waals surface area (Å²) in [7, 11) is 0. The molecule has 31 heavy (non-hydrogen) atoms. The zero-order valence-corrected chi connectivity index (χ0v) is 16.3. The molecule has 0 bridgehead atoms. The number of carboxylic acid groups (broad SMARTS) is 1. The number of pyridine rings is 1. The Hall–Kier alpha value is -4.01. The molecule has 0 radical (unpaired) electrons. The molecular formula is C22H18F2N2O5. The highest BCUT2D eigenvalue weighted by molar-refractivity contribution is 5.96. The highest BCUT2D eigenvalue weighted by Crippen LogP contribution is 2.24. The lowest BCUT2D eigenvalue weighted by Gasteiger charge is -2.12. The van der Waals surface area contributed by atoms with Crippen LogP contribution in [0.2, 0.25) is 0 Å². The number of halogens is 2. The Labute approximate surface area is 176 Å². The van der Waals surface area contributed by atoms with Crippen molar-refractivity contribution in [2.24, 2.45) is 0 Å². The van der Waals surface area contributed by atoms with E-state index in [0.717, 1.165) is 17.7 Å². The quantitative estimate of drug-likeness (QED) is 0.564. The smallest absolute Gasteiger partial charge is 0.344 e. The molecule has 0 unspecified atom stereocenters. The Morgan fingerprint density at radius 2 is 1.77 bits per heavy atom. The fourth-order valence-electron chi connectivity index (χ4n) is 2.51. The van der Waals surface area contributed by atoms with Crippen LogP contribution in [0.25, 0.3) is 0 Å². The van der Waals surface area contributed by atoms with Crippen LogP contribution in [-0.4, -0.2) is 28.1 Å². The van der Waals surface area contributed by atoms with E-state index in [9.17, 15) is 18.4 Å². The van der Waals surface area contributed by atoms with Crippen molar-refractivity contribution in [1.29, 1.82) is 0 Å². The minimum Gasteiger partial charge on any atom is -0.479 e. The van der Waals surface area contributed by atoms with Crippen LogP contribution in [0, 0.1) is 11.6 Å². The van der Waals surface area contributed by atoms with E-state index in [-0.39, 0.29) is 23.7 Å². The van der Waals surface area contributed by atoms with Crippen LogP contribution in [-0.2, 0) is 11.3 Å². The molecule has 7 nitrogen and oxygen atoms in total. The van der Waals surface area contributed by atoms with Crippen molar-refractivity contribution >= 4 is 11.9 Å². The summed E-state index contributed by atoms with van der Waals surface area (Å²) in [6.45, 7) is 1.59. The molecule has 9 heteroatoms. The fraction of sp³-hybridized carbons (Fsp3) is 0.136. The molecule has 1 aromatic heterocycles. The third-order valence-corrected chi connectivity index (χ3v) is 4.16. The van der Waals surface area contributed by atoms with Gasteiger partial charge in [-0.15, -0.1) is 0 Å². The summed E-state index contributed by atoms with van der Waals surface area (Å²) >= 11 is 0. The number of rotatable bonds is 8. The maximum atomic E-state index is 13.4. The van der Waals surface area contributed by atoms with Gasteiger partial charge in [-0.25, -0.2) is 18.6 Å². The van der Waals surface area contributed by atoms with Gasteiger partial charge in [0.1, 0.15) is 17.1 Å². The molecule has 1 atom stereocenters. The van der Waals surface area contributed by atoms with Crippen LogP contribution in [0.5, 0.6) is 17.4 Å². The molecule has 160 valence electrons. The number of aliphatic carboxylic acids is 1. The first-order valence-corrected chi connectivity index (χ1v) is 9.18. The third-order valence-electron chi connectivity index (χ3n) is 4.16. The van der Waals surface area contributed by atoms with Gasteiger partial charge in [0, 0.05) is 18.8 Å². The second kappa shape index (κ2) is 9.66. The van der Waals surface area contributed by atoms with Crippen LogP contribution in [0.4, 0.5) is 8.78 Å². The maximum Gasteiger partial charge on any atom is 0.344 e. The first-order valence-electron chi connectivity index (χ1n) is 9.18. The molecule has 0 saturated carbocycles. The monoisotopic (exact) mass is 428 g/mol. The highest BCUT2D eigenvalue weighted by Gasteiger charge is 2.16. The number of nitrogens with zero attached hydrogens (tertiary/aromatic N) is 1. The molecule has 0 aliphatic rings. The molecular weight excluding hydrogens is 410 g/mol. The minimum atomic E-state index is -1.08. The van der Waals surface area contributed by atoms with Crippen molar-refractivity contribution in [3.8, 4) is 17.4 Å². The van der Waals surface area contributed by atoms with Gasteiger partial charge in [-0.1, -0.05) is 12.1 Å². The summed E-state index contributed by atoms with van der Waals surface area (Å²) in [6.07, 6.45) is 0.423. The SMILES string of the molecule is C[C@@H](Oc1ccc(CNC(=O)c2cccnc2Oc2ccc(F)c(F)c2)cc1)C(=O)O. The molecule has 3 rings (SSSR count). The van der Waals surface area contributed by atoms with Gasteiger partial charge in [0.05, 0.1) is 0 Å². The number of hydrogen-bond acceptors (Lipinski definition) is 5. The number of ether oxygens (including phenoxy) is 2. The van der Waals surface area contributed by atoms with E-state index in [4.69, 9.17) is 14.6 Å². The Morgan fingerprint density at radius 1 is 1.06 bits per heavy atom. The van der Waals surface area contributed by atoms with Gasteiger partial charge < -0.3 is 19.9 Å². The van der Waals surface area contributed by atoms with Gasteiger partial charge in [0.2, 0.25) is 5.88 Å². The van der Waals surface area contributed by atoms with Crippen LogP contribution < -0.4 is 14.8 Å². The number of amides is 1. The van der Waals surface area contributed by atoms with E-state index in [2.05, 4.69) is 10.3 Å². The molecule has 2 aromatic carbocycles. The summed E-state index contributed by atoms with van der Waals surface area (Å²) < 4.78 is 37.2. The van der Waals surface area contributed by atoms with Gasteiger partial charge in [-0.05, 0) is 48.9 Å². The normalized spacial score (nSPS) is 11.5. The van der Waals surface area contributed by atoms with Gasteiger partial charge in [-0.2, -0.15) is 0 Å². The minimum absolute atomic E-state index is 0.00201. The van der Waals surface area contributed by atoms with E-state index in [0.29, 0.717) is 5.75 Å². The fourth-order valence-corrected chi connectivity index (χ4v) is 2.51. The lowest BCUT2D eigenvalue weighted by Crippen LogP contribution is -2.24. The zero-order chi connectivity index (χ0) is 22.4. The second-order valence-electron chi connectivity index (χ2n) is 6.46. The molecule has 0 spiro atoms. The number of aromatic nitrogens is 1. The molecule has 3 aromatic rings. The molecule has 1 heterocycles. The lowest BCUT2D eigenvalue weighted by atomic mass is 10.2. The number of benzene rings is 2. The topological polar surface area (TPSA) is 97.8 Å². The van der Waals surface area contributed by atoms with Crippen molar-refractivity contribution in [3.05, 3.63) is 83.6 Å². The summed E-state index contributed by atoms with van der Waals surface area (Å²) in [5, 5.41) is 11.6. The molecule has 0 aliphatic carbocycles. The Balaban J connectivity index is 1.64. The van der Waals surface area contributed by atoms with E-state index < -0.39 is 29.6 Å². The number of hydrogen-bond donors (Lipinski definition) is 2. The van der Waals surface area contributed by atoms with Crippen LogP contribution in [0.3, 0.4) is 0 Å². The second-order valence-corrected chi connectivity index (χ2v) is 6.46. The maximum absolute atomic E-state index is 13.4. The first-order chi connectivity index (χ1) is 14.8. The van der Waals surface area contributed by atoms with E-state index in [1.54, 1.807) is 30.3 Å². The predicted molar refractivity (Wildman–Crippen MR) is 106 cm³/mol. The Bertz CT molecular complexity index is 1090. The summed E-state index contributed by atoms with van der Waals surface area (Å²) in [4.78, 5) is 27.4. The van der Waals surface area contributed by atoms with Crippen molar-refractivity contribution in [3.63, 3.8) is 0 Å². The largest absolute Gasteiger partial charge is 0.479 e. The van der Waals surface area contributed by atoms with E-state index in [1.165, 1.54) is 25.3 Å². The molecule has 0 aliphatic heterocycles. The Morgan fingerprint density at radius 3 is 2.45 bits per heavy atom. The molecule has 0 fully saturated rings.